The summed E-state index contributed by atoms with van der Waals surface area (Å²) in [4.78, 5) is 23.9. The van der Waals surface area contributed by atoms with Crippen molar-refractivity contribution in [2.75, 3.05) is 11.9 Å². The van der Waals surface area contributed by atoms with Crippen molar-refractivity contribution in [2.24, 2.45) is 5.10 Å². The molecule has 0 unspecified atom stereocenters. The predicted octanol–water partition coefficient (Wildman–Crippen LogP) is 3.97. The van der Waals surface area contributed by atoms with Crippen molar-refractivity contribution in [3.8, 4) is 5.75 Å². The summed E-state index contributed by atoms with van der Waals surface area (Å²) in [6, 6.07) is 13.0. The molecule has 0 aliphatic carbocycles. The summed E-state index contributed by atoms with van der Waals surface area (Å²) in [6.07, 6.45) is 0.0847. The molecule has 0 spiro atoms. The van der Waals surface area contributed by atoms with Crippen molar-refractivity contribution in [1.29, 1.82) is 0 Å². The summed E-state index contributed by atoms with van der Waals surface area (Å²) >= 11 is 3.41. The van der Waals surface area contributed by atoms with E-state index >= 15 is 0 Å². The second-order valence-corrected chi connectivity index (χ2v) is 6.98. The van der Waals surface area contributed by atoms with Crippen molar-refractivity contribution >= 4 is 39.1 Å². The number of hydrazone groups is 1. The topological polar surface area (TPSA) is 79.8 Å². The minimum absolute atomic E-state index is 0.0847. The van der Waals surface area contributed by atoms with Gasteiger partial charge in [0.25, 0.3) is 5.91 Å². The molecule has 2 N–H and O–H groups in total. The number of aryl methyl sites for hydroxylation is 2. The van der Waals surface area contributed by atoms with Crippen LogP contribution in [0.4, 0.5) is 5.69 Å². The zero-order valence-electron chi connectivity index (χ0n) is 15.5. The Morgan fingerprint density at radius 1 is 1.07 bits per heavy atom. The number of hydrogen-bond donors (Lipinski definition) is 2. The van der Waals surface area contributed by atoms with Gasteiger partial charge in [0.15, 0.2) is 6.61 Å². The average Bonchev–Trinajstić information content (AvgIpc) is 2.63. The molecule has 0 fully saturated rings. The van der Waals surface area contributed by atoms with E-state index in [1.54, 1.807) is 13.0 Å². The Labute approximate surface area is 167 Å². The molecule has 6 nitrogen and oxygen atoms in total. The highest BCUT2D eigenvalue weighted by Crippen LogP contribution is 2.21. The quantitative estimate of drug-likeness (QED) is 0.514. The van der Waals surface area contributed by atoms with Gasteiger partial charge in [0.2, 0.25) is 5.91 Å². The molecule has 0 atom stereocenters. The average molecular weight is 432 g/mol. The van der Waals surface area contributed by atoms with Crippen LogP contribution in [0.2, 0.25) is 0 Å². The van der Waals surface area contributed by atoms with Crippen LogP contribution < -0.4 is 15.5 Å². The largest absolute Gasteiger partial charge is 0.484 e. The number of benzene rings is 2. The van der Waals surface area contributed by atoms with Gasteiger partial charge in [-0.05, 0) is 56.2 Å². The van der Waals surface area contributed by atoms with Crippen molar-refractivity contribution < 1.29 is 14.3 Å². The fourth-order valence-electron chi connectivity index (χ4n) is 2.23. The third-order valence-corrected chi connectivity index (χ3v) is 4.60. The van der Waals surface area contributed by atoms with Crippen LogP contribution in [0.25, 0.3) is 0 Å². The van der Waals surface area contributed by atoms with Crippen molar-refractivity contribution in [1.82, 2.24) is 5.43 Å². The van der Waals surface area contributed by atoms with Crippen LogP contribution in [-0.4, -0.2) is 24.1 Å². The number of para-hydroxylation sites is 1. The summed E-state index contributed by atoms with van der Waals surface area (Å²) in [5, 5.41) is 6.77. The lowest BCUT2D eigenvalue weighted by Crippen LogP contribution is -2.26. The lowest BCUT2D eigenvalue weighted by atomic mass is 10.2. The fourth-order valence-corrected chi connectivity index (χ4v) is 2.47. The first-order valence-electron chi connectivity index (χ1n) is 8.41. The lowest BCUT2D eigenvalue weighted by molar-refractivity contribution is -0.123. The van der Waals surface area contributed by atoms with Crippen LogP contribution in [0.5, 0.6) is 5.75 Å². The first-order valence-corrected chi connectivity index (χ1v) is 9.21. The highest BCUT2D eigenvalue weighted by molar-refractivity contribution is 9.10. The summed E-state index contributed by atoms with van der Waals surface area (Å²) in [6.45, 7) is 5.38. The number of anilines is 1. The zero-order valence-corrected chi connectivity index (χ0v) is 17.1. The maximum atomic E-state index is 12.1. The minimum Gasteiger partial charge on any atom is -0.484 e. The van der Waals surface area contributed by atoms with Gasteiger partial charge in [-0.2, -0.15) is 5.10 Å². The van der Waals surface area contributed by atoms with E-state index in [1.165, 1.54) is 0 Å². The first kappa shape index (κ1) is 20.6. The molecular weight excluding hydrogens is 410 g/mol. The minimum atomic E-state index is -0.394. The molecule has 0 saturated heterocycles. The van der Waals surface area contributed by atoms with E-state index < -0.39 is 5.91 Å². The number of ether oxygens (including phenoxy) is 1. The molecule has 27 heavy (non-hydrogen) atoms. The molecule has 142 valence electrons. The molecular formula is C20H22BrN3O3. The van der Waals surface area contributed by atoms with Gasteiger partial charge in [-0.1, -0.05) is 34.1 Å². The third-order valence-electron chi connectivity index (χ3n) is 3.71. The van der Waals surface area contributed by atoms with Crippen LogP contribution in [-0.2, 0) is 9.59 Å². The SMILES string of the molecule is CC(CC(=O)Nc1ccccc1C)=NNC(=O)COc1ccc(Br)c(C)c1. The Hall–Kier alpha value is -2.67. The maximum absolute atomic E-state index is 12.1. The standard InChI is InChI=1S/C20H22BrN3O3/c1-13-6-4-5-7-18(13)22-19(25)11-15(3)23-24-20(26)12-27-16-8-9-17(21)14(2)10-16/h4-10H,11-12H2,1-3H3,(H,22,25)(H,24,26). The molecule has 7 heteroatoms. The molecule has 0 heterocycles. The number of rotatable bonds is 7. The number of nitrogens with one attached hydrogen (secondary N) is 2. The highest BCUT2D eigenvalue weighted by Gasteiger charge is 2.07. The Balaban J connectivity index is 1.78. The maximum Gasteiger partial charge on any atom is 0.277 e. The van der Waals surface area contributed by atoms with Crippen LogP contribution in [0.1, 0.15) is 24.5 Å². The van der Waals surface area contributed by atoms with Crippen LogP contribution in [0.15, 0.2) is 52.0 Å². The fraction of sp³-hybridized carbons (Fsp3) is 0.250. The van der Waals surface area contributed by atoms with E-state index in [9.17, 15) is 9.59 Å². The number of carbonyl (C=O) groups excluding carboxylic acids is 2. The number of carbonyl (C=O) groups is 2. The number of nitrogens with zero attached hydrogens (tertiary/aromatic N) is 1. The summed E-state index contributed by atoms with van der Waals surface area (Å²) in [5.41, 5.74) is 5.65. The van der Waals surface area contributed by atoms with Gasteiger partial charge in [0.05, 0.1) is 6.42 Å². The Morgan fingerprint density at radius 3 is 2.52 bits per heavy atom. The highest BCUT2D eigenvalue weighted by atomic mass is 79.9. The van der Waals surface area contributed by atoms with Crippen LogP contribution >= 0.6 is 15.9 Å². The lowest BCUT2D eigenvalue weighted by Gasteiger charge is -2.08. The smallest absolute Gasteiger partial charge is 0.277 e. The first-order chi connectivity index (χ1) is 12.8. The van der Waals surface area contributed by atoms with Gasteiger partial charge in [0, 0.05) is 15.9 Å². The van der Waals surface area contributed by atoms with E-state index in [1.807, 2.05) is 50.2 Å². The van der Waals surface area contributed by atoms with E-state index in [0.29, 0.717) is 11.5 Å². The van der Waals surface area contributed by atoms with Gasteiger partial charge in [-0.25, -0.2) is 5.43 Å². The summed E-state index contributed by atoms with van der Waals surface area (Å²) in [5.74, 6) is 0.0137. The molecule has 0 bridgehead atoms. The molecule has 0 aliphatic heterocycles. The number of hydrogen-bond acceptors (Lipinski definition) is 4. The second-order valence-electron chi connectivity index (χ2n) is 6.12. The molecule has 0 radical (unpaired) electrons. The van der Waals surface area contributed by atoms with Gasteiger partial charge in [-0.15, -0.1) is 0 Å². The van der Waals surface area contributed by atoms with E-state index in [2.05, 4.69) is 31.8 Å². The van der Waals surface area contributed by atoms with E-state index in [-0.39, 0.29) is 18.9 Å². The van der Waals surface area contributed by atoms with Gasteiger partial charge in [0.1, 0.15) is 5.75 Å². The van der Waals surface area contributed by atoms with Crippen molar-refractivity contribution in [2.45, 2.75) is 27.2 Å². The Morgan fingerprint density at radius 2 is 1.81 bits per heavy atom. The second kappa shape index (κ2) is 9.87. The van der Waals surface area contributed by atoms with Gasteiger partial charge in [-0.3, -0.25) is 9.59 Å². The predicted molar refractivity (Wildman–Crippen MR) is 110 cm³/mol. The third kappa shape index (κ3) is 6.86. The summed E-state index contributed by atoms with van der Waals surface area (Å²) in [7, 11) is 0. The van der Waals surface area contributed by atoms with E-state index in [4.69, 9.17) is 4.74 Å². The van der Waals surface area contributed by atoms with E-state index in [0.717, 1.165) is 21.3 Å². The van der Waals surface area contributed by atoms with Gasteiger partial charge < -0.3 is 10.1 Å². The normalized spacial score (nSPS) is 11.0. The number of amides is 2. The molecule has 0 aromatic heterocycles. The van der Waals surface area contributed by atoms with Crippen molar-refractivity contribution in [3.63, 3.8) is 0 Å². The molecule has 2 aromatic carbocycles. The molecule has 2 amide bonds. The molecule has 2 rings (SSSR count). The van der Waals surface area contributed by atoms with Crippen LogP contribution in [0, 0.1) is 13.8 Å². The van der Waals surface area contributed by atoms with Gasteiger partial charge >= 0.3 is 0 Å². The van der Waals surface area contributed by atoms with Crippen molar-refractivity contribution in [3.05, 3.63) is 58.1 Å². The van der Waals surface area contributed by atoms with Crippen LogP contribution in [0.3, 0.4) is 0 Å². The Kier molecular flexibility index (Phi) is 7.55. The monoisotopic (exact) mass is 431 g/mol. The number of halogens is 1. The zero-order chi connectivity index (χ0) is 19.8. The Bertz CT molecular complexity index is 865. The molecule has 0 saturated carbocycles. The molecule has 0 aliphatic rings. The summed E-state index contributed by atoms with van der Waals surface area (Å²) < 4.78 is 6.40. The molecule has 2 aromatic rings.